The van der Waals surface area contributed by atoms with Gasteiger partial charge in [-0.25, -0.2) is 19.0 Å². The average molecular weight is 480 g/mol. The Kier molecular flexibility index (Phi) is 7.84. The van der Waals surface area contributed by atoms with Crippen molar-refractivity contribution in [3.8, 4) is 6.07 Å². The highest BCUT2D eigenvalue weighted by Crippen LogP contribution is 2.22. The van der Waals surface area contributed by atoms with Gasteiger partial charge in [-0.2, -0.15) is 10.4 Å². The Labute approximate surface area is 199 Å². The second-order valence-electron chi connectivity index (χ2n) is 7.10. The van der Waals surface area contributed by atoms with Crippen LogP contribution < -0.4 is 10.2 Å². The lowest BCUT2D eigenvalue weighted by molar-refractivity contribution is 0.0947. The first-order valence-corrected chi connectivity index (χ1v) is 10.3. The molecule has 0 saturated carbocycles. The second-order valence-corrected chi connectivity index (χ2v) is 7.29. The third-order valence-electron chi connectivity index (χ3n) is 4.78. The fraction of sp³-hybridized carbons (Fsp3) is 0.130. The van der Waals surface area contributed by atoms with E-state index in [4.69, 9.17) is 17.0 Å². The van der Waals surface area contributed by atoms with E-state index in [0.29, 0.717) is 33.5 Å². The van der Waals surface area contributed by atoms with Crippen molar-refractivity contribution in [2.24, 2.45) is 7.05 Å². The van der Waals surface area contributed by atoms with Crippen LogP contribution in [0.2, 0.25) is 0 Å². The zero-order chi connectivity index (χ0) is 24.7. The maximum absolute atomic E-state index is 13.3. The minimum absolute atomic E-state index is 0.146. The van der Waals surface area contributed by atoms with E-state index >= 15 is 0 Å². The molecule has 1 amide bonds. The Bertz CT molecular complexity index is 1380. The number of aldehydes is 1. The smallest absolute Gasteiger partial charge is 0.272 e. The number of carbonyl (C=O) groups excluding carboxylic acids is 2. The third kappa shape index (κ3) is 5.51. The number of carbonyl (C=O) groups is 2. The monoisotopic (exact) mass is 479 g/mol. The summed E-state index contributed by atoms with van der Waals surface area (Å²) < 4.78 is 14.8. The zero-order valence-corrected chi connectivity index (χ0v) is 19.0. The normalized spacial score (nSPS) is 10.1. The van der Waals surface area contributed by atoms with Gasteiger partial charge in [-0.15, -0.1) is 0 Å². The molecule has 2 heterocycles. The Morgan fingerprint density at radius 1 is 1.21 bits per heavy atom. The third-order valence-corrected chi connectivity index (χ3v) is 4.96. The van der Waals surface area contributed by atoms with E-state index in [9.17, 15) is 14.0 Å². The Balaban J connectivity index is 0.000000271. The van der Waals surface area contributed by atoms with Gasteiger partial charge in [0, 0.05) is 30.9 Å². The lowest BCUT2D eigenvalue weighted by atomic mass is 10.1. The standard InChI is InChI=1S/C15H14ClFN6O.C8H5NO/c1-8-5-9(3-4-10(8)17)6-18-15(24)13-11-12(19-7-20-13)14(21-16)23(2)22-11;9-5-7-1-3-8(6-10)4-2-7/h3-5,7,21H,6H2,1-2H3,(H,18,24);1-4,6H. The van der Waals surface area contributed by atoms with Gasteiger partial charge < -0.3 is 5.32 Å². The summed E-state index contributed by atoms with van der Waals surface area (Å²) in [5.41, 5.74) is 3.42. The Morgan fingerprint density at radius 2 is 1.94 bits per heavy atom. The lowest BCUT2D eigenvalue weighted by Gasteiger charge is -2.06. The molecule has 0 saturated heterocycles. The van der Waals surface area contributed by atoms with Crippen LogP contribution in [0.3, 0.4) is 0 Å². The van der Waals surface area contributed by atoms with E-state index < -0.39 is 5.91 Å². The molecule has 0 atom stereocenters. The summed E-state index contributed by atoms with van der Waals surface area (Å²) in [5, 5.41) is 15.3. The van der Waals surface area contributed by atoms with Gasteiger partial charge in [-0.3, -0.25) is 14.4 Å². The molecule has 34 heavy (non-hydrogen) atoms. The number of benzene rings is 2. The predicted octanol–water partition coefficient (Wildman–Crippen LogP) is 3.68. The van der Waals surface area contributed by atoms with Crippen molar-refractivity contribution in [1.82, 2.24) is 25.1 Å². The minimum atomic E-state index is -0.399. The molecule has 0 spiro atoms. The van der Waals surface area contributed by atoms with Crippen molar-refractivity contribution in [3.05, 3.63) is 82.6 Å². The number of aryl methyl sites for hydroxylation is 2. The van der Waals surface area contributed by atoms with Crippen LogP contribution in [0.25, 0.3) is 11.0 Å². The summed E-state index contributed by atoms with van der Waals surface area (Å²) in [6.45, 7) is 1.92. The molecule has 2 N–H and O–H groups in total. The van der Waals surface area contributed by atoms with Crippen molar-refractivity contribution in [2.45, 2.75) is 13.5 Å². The molecular formula is C23H19ClFN7O2. The first-order chi connectivity index (χ1) is 16.4. The van der Waals surface area contributed by atoms with E-state index in [-0.39, 0.29) is 18.1 Å². The first-order valence-electron chi connectivity index (χ1n) is 9.90. The van der Waals surface area contributed by atoms with Crippen molar-refractivity contribution in [1.29, 1.82) is 5.26 Å². The van der Waals surface area contributed by atoms with E-state index in [1.807, 2.05) is 6.07 Å². The molecule has 4 aromatic rings. The summed E-state index contributed by atoms with van der Waals surface area (Å²) in [6.07, 6.45) is 2.03. The second kappa shape index (κ2) is 11.0. The summed E-state index contributed by atoms with van der Waals surface area (Å²) in [6, 6.07) is 13.1. The van der Waals surface area contributed by atoms with Gasteiger partial charge in [0.2, 0.25) is 0 Å². The van der Waals surface area contributed by atoms with E-state index in [1.54, 1.807) is 50.4 Å². The number of amides is 1. The number of hydrogen-bond donors (Lipinski definition) is 2. The molecule has 0 aliphatic heterocycles. The highest BCUT2D eigenvalue weighted by molar-refractivity contribution is 6.25. The van der Waals surface area contributed by atoms with E-state index in [1.165, 1.54) is 17.1 Å². The van der Waals surface area contributed by atoms with Gasteiger partial charge in [-0.1, -0.05) is 24.3 Å². The molecule has 0 unspecified atom stereocenters. The van der Waals surface area contributed by atoms with Crippen LogP contribution in [0.5, 0.6) is 0 Å². The fourth-order valence-corrected chi connectivity index (χ4v) is 3.20. The number of hydrogen-bond acceptors (Lipinski definition) is 7. The highest BCUT2D eigenvalue weighted by Gasteiger charge is 2.19. The molecule has 11 heteroatoms. The van der Waals surface area contributed by atoms with Crippen LogP contribution in [-0.2, 0) is 13.6 Å². The van der Waals surface area contributed by atoms with Crippen molar-refractivity contribution in [3.63, 3.8) is 0 Å². The van der Waals surface area contributed by atoms with Gasteiger partial charge in [0.25, 0.3) is 5.91 Å². The molecule has 0 aliphatic rings. The molecule has 2 aromatic carbocycles. The Hall–Kier alpha value is -4.36. The first kappa shape index (κ1) is 24.3. The summed E-state index contributed by atoms with van der Waals surface area (Å²) in [5.74, 6) is -0.210. The van der Waals surface area contributed by atoms with E-state index in [0.717, 1.165) is 11.8 Å². The SMILES string of the molecule is Cc1cc(CNC(=O)c2ncnc3c(NCl)n(C)nc23)ccc1F.N#Cc1ccc(C=O)cc1. The number of fused-ring (bicyclic) bond motifs is 1. The average Bonchev–Trinajstić information content (AvgIpc) is 3.19. The van der Waals surface area contributed by atoms with Gasteiger partial charge in [0.1, 0.15) is 29.5 Å². The Morgan fingerprint density at radius 3 is 2.56 bits per heavy atom. The molecule has 172 valence electrons. The maximum atomic E-state index is 13.3. The molecule has 0 fully saturated rings. The number of halogens is 2. The van der Waals surface area contributed by atoms with Crippen LogP contribution >= 0.6 is 11.8 Å². The van der Waals surface area contributed by atoms with Gasteiger partial charge >= 0.3 is 0 Å². The van der Waals surface area contributed by atoms with Gasteiger partial charge in [0.05, 0.1) is 11.6 Å². The summed E-state index contributed by atoms with van der Waals surface area (Å²) >= 11 is 5.65. The lowest BCUT2D eigenvalue weighted by Crippen LogP contribution is -2.24. The number of anilines is 1. The number of rotatable bonds is 5. The van der Waals surface area contributed by atoms with Crippen LogP contribution in [0.4, 0.5) is 10.2 Å². The molecule has 9 nitrogen and oxygen atoms in total. The summed E-state index contributed by atoms with van der Waals surface area (Å²) in [4.78, 5) is 33.1. The van der Waals surface area contributed by atoms with Crippen LogP contribution in [0.15, 0.2) is 48.8 Å². The van der Waals surface area contributed by atoms with Crippen LogP contribution in [0, 0.1) is 24.1 Å². The number of nitrogens with one attached hydrogen (secondary N) is 2. The van der Waals surface area contributed by atoms with Crippen LogP contribution in [-0.4, -0.2) is 31.9 Å². The molecular weight excluding hydrogens is 461 g/mol. The fourth-order valence-electron chi connectivity index (χ4n) is 2.99. The maximum Gasteiger partial charge on any atom is 0.272 e. The molecule has 0 radical (unpaired) electrons. The quantitative estimate of drug-likeness (QED) is 0.330. The van der Waals surface area contributed by atoms with Gasteiger partial charge in [0.15, 0.2) is 11.5 Å². The van der Waals surface area contributed by atoms with E-state index in [2.05, 4.69) is 25.2 Å². The minimum Gasteiger partial charge on any atom is -0.347 e. The predicted molar refractivity (Wildman–Crippen MR) is 125 cm³/mol. The van der Waals surface area contributed by atoms with Crippen LogP contribution in [0.1, 0.15) is 37.5 Å². The summed E-state index contributed by atoms with van der Waals surface area (Å²) in [7, 11) is 1.68. The molecule has 0 aliphatic carbocycles. The largest absolute Gasteiger partial charge is 0.347 e. The molecule has 4 rings (SSSR count). The number of nitriles is 1. The zero-order valence-electron chi connectivity index (χ0n) is 18.2. The van der Waals surface area contributed by atoms with Crippen molar-refractivity contribution < 1.29 is 14.0 Å². The number of nitrogens with zero attached hydrogens (tertiary/aromatic N) is 5. The molecule has 2 aromatic heterocycles. The topological polar surface area (TPSA) is 126 Å². The van der Waals surface area contributed by atoms with Gasteiger partial charge in [-0.05, 0) is 36.2 Å². The molecule has 0 bridgehead atoms. The van der Waals surface area contributed by atoms with Crippen molar-refractivity contribution >= 4 is 40.8 Å². The van der Waals surface area contributed by atoms with Crippen molar-refractivity contribution in [2.75, 3.05) is 4.84 Å². The number of aromatic nitrogens is 4. The highest BCUT2D eigenvalue weighted by atomic mass is 35.5.